The standard InChI is InChI=1S/C8H7F6N3O/c9-7(10,11)3-18-6-2-4(8(12,13)14)1-5(16-6)17-15/h1-2H,3,15H2,(H,16,17). The number of anilines is 1. The molecule has 0 aromatic carbocycles. The summed E-state index contributed by atoms with van der Waals surface area (Å²) in [5, 5.41) is 0. The number of aromatic nitrogens is 1. The van der Waals surface area contributed by atoms with Crippen molar-refractivity contribution >= 4 is 5.82 Å². The molecule has 1 rings (SSSR count). The lowest BCUT2D eigenvalue weighted by atomic mass is 10.2. The molecule has 1 aromatic heterocycles. The van der Waals surface area contributed by atoms with Crippen LogP contribution in [0.3, 0.4) is 0 Å². The molecular formula is C8H7F6N3O. The Kier molecular flexibility index (Phi) is 3.89. The van der Waals surface area contributed by atoms with Gasteiger partial charge in [0.1, 0.15) is 5.82 Å². The number of hydrazine groups is 1. The molecule has 1 aromatic rings. The highest BCUT2D eigenvalue weighted by atomic mass is 19.4. The molecule has 0 amide bonds. The first-order valence-corrected chi connectivity index (χ1v) is 4.37. The number of pyridine rings is 1. The Labute approximate surface area is 96.7 Å². The van der Waals surface area contributed by atoms with E-state index in [0.717, 1.165) is 0 Å². The lowest BCUT2D eigenvalue weighted by Gasteiger charge is -2.12. The van der Waals surface area contributed by atoms with Crippen molar-refractivity contribution in [3.63, 3.8) is 0 Å². The zero-order chi connectivity index (χ0) is 14.0. The van der Waals surface area contributed by atoms with Crippen molar-refractivity contribution in [1.82, 2.24) is 4.98 Å². The van der Waals surface area contributed by atoms with Gasteiger partial charge in [-0.25, -0.2) is 5.84 Å². The minimum atomic E-state index is -4.75. The van der Waals surface area contributed by atoms with Gasteiger partial charge in [0.25, 0.3) is 0 Å². The number of nitrogens with zero attached hydrogens (tertiary/aromatic N) is 1. The van der Waals surface area contributed by atoms with Crippen molar-refractivity contribution < 1.29 is 31.1 Å². The third-order valence-electron chi connectivity index (χ3n) is 1.66. The molecule has 0 aliphatic carbocycles. The van der Waals surface area contributed by atoms with Gasteiger partial charge in [-0.1, -0.05) is 0 Å². The maximum Gasteiger partial charge on any atom is 0.422 e. The monoisotopic (exact) mass is 275 g/mol. The number of nitrogens with two attached hydrogens (primary N) is 1. The topological polar surface area (TPSA) is 60.2 Å². The van der Waals surface area contributed by atoms with Gasteiger partial charge in [0.05, 0.1) is 5.56 Å². The van der Waals surface area contributed by atoms with E-state index in [1.54, 1.807) is 5.43 Å². The van der Waals surface area contributed by atoms with Crippen LogP contribution >= 0.6 is 0 Å². The zero-order valence-corrected chi connectivity index (χ0v) is 8.56. The molecule has 0 aliphatic heterocycles. The molecular weight excluding hydrogens is 268 g/mol. The van der Waals surface area contributed by atoms with Crippen molar-refractivity contribution in [3.05, 3.63) is 17.7 Å². The average Bonchev–Trinajstić information content (AvgIpc) is 2.24. The van der Waals surface area contributed by atoms with Gasteiger partial charge in [-0.3, -0.25) is 0 Å². The van der Waals surface area contributed by atoms with Crippen LogP contribution in [0.25, 0.3) is 0 Å². The third-order valence-corrected chi connectivity index (χ3v) is 1.66. The fourth-order valence-electron chi connectivity index (χ4n) is 0.973. The minimum absolute atomic E-state index is 0.354. The van der Waals surface area contributed by atoms with E-state index in [4.69, 9.17) is 5.84 Å². The van der Waals surface area contributed by atoms with Crippen LogP contribution < -0.4 is 16.0 Å². The van der Waals surface area contributed by atoms with Crippen LogP contribution in [-0.4, -0.2) is 17.8 Å². The molecule has 102 valence electrons. The van der Waals surface area contributed by atoms with E-state index >= 15 is 0 Å². The number of nitrogens with one attached hydrogen (secondary N) is 1. The highest BCUT2D eigenvalue weighted by molar-refractivity contribution is 5.41. The first kappa shape index (κ1) is 14.4. The van der Waals surface area contributed by atoms with Crippen molar-refractivity contribution in [2.24, 2.45) is 5.84 Å². The highest BCUT2D eigenvalue weighted by Gasteiger charge is 2.33. The molecule has 0 atom stereocenters. The summed E-state index contributed by atoms with van der Waals surface area (Å²) in [7, 11) is 0. The molecule has 0 fully saturated rings. The van der Waals surface area contributed by atoms with E-state index in [9.17, 15) is 26.3 Å². The summed E-state index contributed by atoms with van der Waals surface area (Å²) in [6, 6.07) is 0.896. The molecule has 0 saturated carbocycles. The van der Waals surface area contributed by atoms with Crippen molar-refractivity contribution in [3.8, 4) is 5.88 Å². The van der Waals surface area contributed by atoms with Crippen LogP contribution in [0.2, 0.25) is 0 Å². The summed E-state index contributed by atoms with van der Waals surface area (Å²) in [4.78, 5) is 3.31. The molecule has 0 spiro atoms. The van der Waals surface area contributed by atoms with E-state index in [-0.39, 0.29) is 0 Å². The molecule has 0 unspecified atom stereocenters. The van der Waals surface area contributed by atoms with Crippen LogP contribution in [0.5, 0.6) is 5.88 Å². The Morgan fingerprint density at radius 2 is 1.78 bits per heavy atom. The zero-order valence-electron chi connectivity index (χ0n) is 8.56. The summed E-state index contributed by atoms with van der Waals surface area (Å²) in [5.74, 6) is 3.57. The molecule has 1 heterocycles. The second-order valence-corrected chi connectivity index (χ2v) is 3.13. The molecule has 0 aliphatic rings. The van der Waals surface area contributed by atoms with E-state index < -0.39 is 36.2 Å². The first-order valence-electron chi connectivity index (χ1n) is 4.37. The van der Waals surface area contributed by atoms with Gasteiger partial charge in [-0.2, -0.15) is 31.3 Å². The lowest BCUT2D eigenvalue weighted by Crippen LogP contribution is -2.20. The number of alkyl halides is 6. The van der Waals surface area contributed by atoms with Gasteiger partial charge in [0, 0.05) is 6.07 Å². The van der Waals surface area contributed by atoms with E-state index in [1.165, 1.54) is 0 Å². The van der Waals surface area contributed by atoms with Crippen LogP contribution in [-0.2, 0) is 6.18 Å². The maximum atomic E-state index is 12.4. The summed E-state index contributed by atoms with van der Waals surface area (Å²) < 4.78 is 76.8. The summed E-state index contributed by atoms with van der Waals surface area (Å²) in [6.07, 6.45) is -9.42. The SMILES string of the molecule is NNc1cc(C(F)(F)F)cc(OCC(F)(F)F)n1. The van der Waals surface area contributed by atoms with Gasteiger partial charge in [-0.15, -0.1) is 0 Å². The van der Waals surface area contributed by atoms with Crippen molar-refractivity contribution in [2.45, 2.75) is 12.4 Å². The largest absolute Gasteiger partial charge is 0.468 e. The Bertz CT molecular complexity index is 416. The molecule has 4 nitrogen and oxygen atoms in total. The third kappa shape index (κ3) is 4.28. The number of rotatable bonds is 3. The number of nitrogen functional groups attached to an aromatic ring is 1. The quantitative estimate of drug-likeness (QED) is 0.505. The Morgan fingerprint density at radius 1 is 1.17 bits per heavy atom. The molecule has 18 heavy (non-hydrogen) atoms. The summed E-state index contributed by atoms with van der Waals surface area (Å²) in [5.41, 5.74) is 0.585. The molecule has 0 radical (unpaired) electrons. The second kappa shape index (κ2) is 4.88. The van der Waals surface area contributed by atoms with Crippen LogP contribution in [0, 0.1) is 0 Å². The van der Waals surface area contributed by atoms with Gasteiger partial charge in [-0.05, 0) is 6.07 Å². The summed E-state index contributed by atoms with van der Waals surface area (Å²) >= 11 is 0. The van der Waals surface area contributed by atoms with Crippen LogP contribution in [0.15, 0.2) is 12.1 Å². The smallest absolute Gasteiger partial charge is 0.422 e. The fraction of sp³-hybridized carbons (Fsp3) is 0.375. The van der Waals surface area contributed by atoms with E-state index in [2.05, 4.69) is 9.72 Å². The fourth-order valence-corrected chi connectivity index (χ4v) is 0.973. The first-order chi connectivity index (χ1) is 8.12. The Hall–Kier alpha value is -1.71. The van der Waals surface area contributed by atoms with Crippen molar-refractivity contribution in [1.29, 1.82) is 0 Å². The predicted molar refractivity (Wildman–Crippen MR) is 48.6 cm³/mol. The van der Waals surface area contributed by atoms with Gasteiger partial charge >= 0.3 is 12.4 Å². The van der Waals surface area contributed by atoms with Crippen molar-refractivity contribution in [2.75, 3.05) is 12.0 Å². The lowest BCUT2D eigenvalue weighted by molar-refractivity contribution is -0.154. The number of hydrogen-bond acceptors (Lipinski definition) is 4. The second-order valence-electron chi connectivity index (χ2n) is 3.13. The molecule has 3 N–H and O–H groups in total. The Morgan fingerprint density at radius 3 is 2.22 bits per heavy atom. The molecule has 0 bridgehead atoms. The summed E-state index contributed by atoms with van der Waals surface area (Å²) in [6.45, 7) is -1.74. The molecule has 10 heteroatoms. The minimum Gasteiger partial charge on any atom is -0.468 e. The van der Waals surface area contributed by atoms with Crippen LogP contribution in [0.4, 0.5) is 32.2 Å². The van der Waals surface area contributed by atoms with Gasteiger partial charge < -0.3 is 10.2 Å². The molecule has 0 saturated heterocycles. The predicted octanol–water partition coefficient (Wildman–Crippen LogP) is 2.33. The van der Waals surface area contributed by atoms with E-state index in [0.29, 0.717) is 12.1 Å². The Balaban J connectivity index is 2.98. The highest BCUT2D eigenvalue weighted by Crippen LogP contribution is 2.32. The number of halogens is 6. The van der Waals surface area contributed by atoms with Gasteiger partial charge in [0.2, 0.25) is 5.88 Å². The average molecular weight is 275 g/mol. The van der Waals surface area contributed by atoms with Crippen LogP contribution in [0.1, 0.15) is 5.56 Å². The maximum absolute atomic E-state index is 12.4. The van der Waals surface area contributed by atoms with Gasteiger partial charge in [0.15, 0.2) is 6.61 Å². The number of ether oxygens (including phenoxy) is 1. The normalized spacial score (nSPS) is 12.4. The van der Waals surface area contributed by atoms with E-state index in [1.807, 2.05) is 0 Å². The number of hydrogen-bond donors (Lipinski definition) is 2.